The standard InChI is InChI=1S/C21H18N4O3S/c1-28-12-11-25-16-8-7-14(24-20(26)19-22-9-4-10-23-19)13-18(16)29-17-6-3-2-5-15(17)21(25)27/h2-10,13H,11-12H2,1H3,(H,24,26). The number of hydrogen-bond donors (Lipinski definition) is 1. The Morgan fingerprint density at radius 1 is 1.10 bits per heavy atom. The lowest BCUT2D eigenvalue weighted by atomic mass is 10.1. The lowest BCUT2D eigenvalue weighted by Crippen LogP contribution is -2.33. The van der Waals surface area contributed by atoms with E-state index in [1.807, 2.05) is 36.4 Å². The van der Waals surface area contributed by atoms with Crippen LogP contribution < -0.4 is 10.2 Å². The molecule has 1 aromatic heterocycles. The highest BCUT2D eigenvalue weighted by molar-refractivity contribution is 7.99. The number of methoxy groups -OCH3 is 1. The van der Waals surface area contributed by atoms with Crippen molar-refractivity contribution in [3.05, 3.63) is 72.3 Å². The first-order chi connectivity index (χ1) is 14.2. The number of benzene rings is 2. The van der Waals surface area contributed by atoms with Crippen LogP contribution in [0.2, 0.25) is 0 Å². The van der Waals surface area contributed by atoms with Gasteiger partial charge in [0.15, 0.2) is 0 Å². The van der Waals surface area contributed by atoms with E-state index in [1.165, 1.54) is 24.2 Å². The summed E-state index contributed by atoms with van der Waals surface area (Å²) in [6.07, 6.45) is 3.04. The van der Waals surface area contributed by atoms with Crippen LogP contribution in [0.5, 0.6) is 0 Å². The predicted octanol–water partition coefficient (Wildman–Crippen LogP) is 3.49. The molecule has 0 atom stereocenters. The molecule has 4 rings (SSSR count). The normalized spacial score (nSPS) is 12.7. The quantitative estimate of drug-likeness (QED) is 0.698. The molecule has 2 amide bonds. The van der Waals surface area contributed by atoms with Gasteiger partial charge in [-0.2, -0.15) is 0 Å². The van der Waals surface area contributed by atoms with Crippen molar-refractivity contribution in [1.82, 2.24) is 9.97 Å². The van der Waals surface area contributed by atoms with Crippen molar-refractivity contribution in [3.8, 4) is 0 Å². The van der Waals surface area contributed by atoms with Gasteiger partial charge in [0.05, 0.1) is 17.9 Å². The molecule has 2 aromatic carbocycles. The number of carbonyl (C=O) groups is 2. The number of ether oxygens (including phenoxy) is 1. The van der Waals surface area contributed by atoms with Gasteiger partial charge < -0.3 is 15.0 Å². The van der Waals surface area contributed by atoms with E-state index in [9.17, 15) is 9.59 Å². The van der Waals surface area contributed by atoms with Gasteiger partial charge in [0.25, 0.3) is 11.8 Å². The SMILES string of the molecule is COCCN1C(=O)c2ccccc2Sc2cc(NC(=O)c3ncccn3)ccc21. The Morgan fingerprint density at radius 2 is 1.90 bits per heavy atom. The molecule has 146 valence electrons. The highest BCUT2D eigenvalue weighted by atomic mass is 32.2. The summed E-state index contributed by atoms with van der Waals surface area (Å²) >= 11 is 1.50. The molecule has 0 unspecified atom stereocenters. The zero-order chi connectivity index (χ0) is 20.2. The van der Waals surface area contributed by atoms with Crippen LogP contribution in [0.25, 0.3) is 0 Å². The molecule has 7 nitrogen and oxygen atoms in total. The van der Waals surface area contributed by atoms with Gasteiger partial charge in [0, 0.05) is 41.5 Å². The fraction of sp³-hybridized carbons (Fsp3) is 0.143. The van der Waals surface area contributed by atoms with Gasteiger partial charge in [-0.05, 0) is 36.4 Å². The number of fused-ring (bicyclic) bond motifs is 2. The average Bonchev–Trinajstić information content (AvgIpc) is 2.87. The average molecular weight is 406 g/mol. The van der Waals surface area contributed by atoms with E-state index < -0.39 is 5.91 Å². The van der Waals surface area contributed by atoms with Crippen LogP contribution in [0.15, 0.2) is 70.7 Å². The second kappa shape index (κ2) is 8.42. The monoisotopic (exact) mass is 406 g/mol. The first-order valence-electron chi connectivity index (χ1n) is 8.97. The fourth-order valence-electron chi connectivity index (χ4n) is 3.01. The number of nitrogens with zero attached hydrogens (tertiary/aromatic N) is 3. The predicted molar refractivity (Wildman–Crippen MR) is 111 cm³/mol. The Bertz CT molecular complexity index is 1060. The van der Waals surface area contributed by atoms with Gasteiger partial charge in [-0.3, -0.25) is 9.59 Å². The molecule has 2 heterocycles. The number of hydrogen-bond acceptors (Lipinski definition) is 6. The minimum atomic E-state index is -0.392. The van der Waals surface area contributed by atoms with Crippen molar-refractivity contribution in [2.75, 3.05) is 30.5 Å². The number of anilines is 2. The number of carbonyl (C=O) groups excluding carboxylic acids is 2. The fourth-order valence-corrected chi connectivity index (χ4v) is 4.13. The van der Waals surface area contributed by atoms with Gasteiger partial charge in [-0.25, -0.2) is 9.97 Å². The van der Waals surface area contributed by atoms with E-state index in [1.54, 1.807) is 24.1 Å². The first-order valence-corrected chi connectivity index (χ1v) is 9.79. The molecule has 0 spiro atoms. The summed E-state index contributed by atoms with van der Waals surface area (Å²) in [4.78, 5) is 36.9. The summed E-state index contributed by atoms with van der Waals surface area (Å²) < 4.78 is 5.19. The molecular weight excluding hydrogens is 388 g/mol. The minimum Gasteiger partial charge on any atom is -0.383 e. The van der Waals surface area contributed by atoms with E-state index in [0.29, 0.717) is 24.4 Å². The Kier molecular flexibility index (Phi) is 5.55. The van der Waals surface area contributed by atoms with Crippen LogP contribution in [-0.4, -0.2) is 42.0 Å². The van der Waals surface area contributed by atoms with Crippen molar-refractivity contribution in [3.63, 3.8) is 0 Å². The summed E-state index contributed by atoms with van der Waals surface area (Å²) in [6.45, 7) is 0.850. The number of amides is 2. The van der Waals surface area contributed by atoms with Crippen molar-refractivity contribution < 1.29 is 14.3 Å². The van der Waals surface area contributed by atoms with Gasteiger partial charge in [-0.15, -0.1) is 0 Å². The summed E-state index contributed by atoms with van der Waals surface area (Å²) in [5, 5.41) is 2.82. The maximum Gasteiger partial charge on any atom is 0.293 e. The van der Waals surface area contributed by atoms with Crippen LogP contribution in [0, 0.1) is 0 Å². The van der Waals surface area contributed by atoms with Gasteiger partial charge >= 0.3 is 0 Å². The third kappa shape index (κ3) is 3.98. The van der Waals surface area contributed by atoms with Crippen LogP contribution in [0.3, 0.4) is 0 Å². The van der Waals surface area contributed by atoms with Crippen LogP contribution >= 0.6 is 11.8 Å². The minimum absolute atomic E-state index is 0.0710. The van der Waals surface area contributed by atoms with Gasteiger partial charge in [0.1, 0.15) is 0 Å². The molecule has 0 radical (unpaired) electrons. The maximum atomic E-state index is 13.1. The Hall–Kier alpha value is -3.23. The Balaban J connectivity index is 1.69. The largest absolute Gasteiger partial charge is 0.383 e. The number of rotatable bonds is 5. The smallest absolute Gasteiger partial charge is 0.293 e. The zero-order valence-corrected chi connectivity index (χ0v) is 16.5. The van der Waals surface area contributed by atoms with Crippen molar-refractivity contribution in [2.24, 2.45) is 0 Å². The van der Waals surface area contributed by atoms with Gasteiger partial charge in [-0.1, -0.05) is 23.9 Å². The molecular formula is C21H18N4O3S. The lowest BCUT2D eigenvalue weighted by molar-refractivity contribution is 0.0971. The molecule has 3 aromatic rings. The van der Waals surface area contributed by atoms with Crippen LogP contribution in [0.4, 0.5) is 11.4 Å². The Labute approximate surface area is 172 Å². The number of nitrogens with one attached hydrogen (secondary N) is 1. The van der Waals surface area contributed by atoms with E-state index in [-0.39, 0.29) is 11.7 Å². The summed E-state index contributed by atoms with van der Waals surface area (Å²) in [5.41, 5.74) is 2.03. The molecule has 29 heavy (non-hydrogen) atoms. The molecule has 1 aliphatic heterocycles. The maximum absolute atomic E-state index is 13.1. The summed E-state index contributed by atoms with van der Waals surface area (Å²) in [7, 11) is 1.61. The molecule has 0 fully saturated rings. The van der Waals surface area contributed by atoms with E-state index in [0.717, 1.165) is 15.5 Å². The molecule has 0 saturated heterocycles. The first kappa shape index (κ1) is 19.1. The van der Waals surface area contributed by atoms with Gasteiger partial charge in [0.2, 0.25) is 5.82 Å². The topological polar surface area (TPSA) is 84.4 Å². The van der Waals surface area contributed by atoms with Crippen LogP contribution in [-0.2, 0) is 4.74 Å². The third-order valence-corrected chi connectivity index (χ3v) is 5.50. The van der Waals surface area contributed by atoms with E-state index in [2.05, 4.69) is 15.3 Å². The molecule has 1 N–H and O–H groups in total. The van der Waals surface area contributed by atoms with Crippen molar-refractivity contribution in [1.29, 1.82) is 0 Å². The highest BCUT2D eigenvalue weighted by Crippen LogP contribution is 2.42. The molecule has 8 heteroatoms. The van der Waals surface area contributed by atoms with Crippen molar-refractivity contribution in [2.45, 2.75) is 9.79 Å². The van der Waals surface area contributed by atoms with E-state index >= 15 is 0 Å². The number of aromatic nitrogens is 2. The Morgan fingerprint density at radius 3 is 2.69 bits per heavy atom. The van der Waals surface area contributed by atoms with E-state index in [4.69, 9.17) is 4.74 Å². The molecule has 1 aliphatic rings. The summed E-state index contributed by atoms with van der Waals surface area (Å²) in [6, 6.07) is 14.6. The lowest BCUT2D eigenvalue weighted by Gasteiger charge is -2.23. The summed E-state index contributed by atoms with van der Waals surface area (Å²) in [5.74, 6) is -0.368. The van der Waals surface area contributed by atoms with Crippen LogP contribution in [0.1, 0.15) is 21.0 Å². The second-order valence-corrected chi connectivity index (χ2v) is 7.34. The molecule has 0 bridgehead atoms. The highest BCUT2D eigenvalue weighted by Gasteiger charge is 2.27. The van der Waals surface area contributed by atoms with Crippen molar-refractivity contribution >= 4 is 35.0 Å². The third-order valence-electron chi connectivity index (χ3n) is 4.38. The second-order valence-electron chi connectivity index (χ2n) is 6.26. The zero-order valence-electron chi connectivity index (χ0n) is 15.7. The molecule has 0 saturated carbocycles. The molecule has 0 aliphatic carbocycles.